The second-order valence-corrected chi connectivity index (χ2v) is 6.55. The van der Waals surface area contributed by atoms with Crippen LogP contribution in [-0.4, -0.2) is 45.9 Å². The third-order valence-corrected chi connectivity index (χ3v) is 5.00. The zero-order valence-electron chi connectivity index (χ0n) is 11.9. The fourth-order valence-electron chi connectivity index (χ4n) is 3.67. The van der Waals surface area contributed by atoms with Gasteiger partial charge in [-0.2, -0.15) is 0 Å². The maximum absolute atomic E-state index is 10.3. The topological polar surface area (TPSA) is 43.7 Å². The van der Waals surface area contributed by atoms with Gasteiger partial charge in [0, 0.05) is 18.5 Å². The first-order valence-corrected chi connectivity index (χ1v) is 7.68. The lowest BCUT2D eigenvalue weighted by atomic mass is 9.80. The zero-order chi connectivity index (χ0) is 13.2. The molecule has 3 heteroatoms. The molecule has 2 N–H and O–H groups in total. The van der Waals surface area contributed by atoms with Crippen molar-refractivity contribution in [1.29, 1.82) is 0 Å². The van der Waals surface area contributed by atoms with E-state index in [1.807, 2.05) is 13.8 Å². The van der Waals surface area contributed by atoms with Gasteiger partial charge in [-0.1, -0.05) is 19.8 Å². The highest BCUT2D eigenvalue weighted by Crippen LogP contribution is 2.35. The van der Waals surface area contributed by atoms with Crippen molar-refractivity contribution >= 4 is 0 Å². The minimum absolute atomic E-state index is 0.115. The van der Waals surface area contributed by atoms with Crippen LogP contribution in [0.4, 0.5) is 0 Å². The number of hydrogen-bond donors (Lipinski definition) is 2. The van der Waals surface area contributed by atoms with Gasteiger partial charge in [-0.15, -0.1) is 0 Å². The van der Waals surface area contributed by atoms with Crippen molar-refractivity contribution in [2.45, 2.75) is 76.5 Å². The Kier molecular flexibility index (Phi) is 4.68. The van der Waals surface area contributed by atoms with E-state index in [0.717, 1.165) is 32.4 Å². The Morgan fingerprint density at radius 2 is 1.89 bits per heavy atom. The molecule has 0 amide bonds. The molecular weight excluding hydrogens is 226 g/mol. The van der Waals surface area contributed by atoms with E-state index in [4.69, 9.17) is 0 Å². The molecule has 1 saturated heterocycles. The Morgan fingerprint density at radius 1 is 1.17 bits per heavy atom. The van der Waals surface area contributed by atoms with E-state index < -0.39 is 5.60 Å². The molecule has 0 spiro atoms. The minimum atomic E-state index is -0.581. The molecule has 0 bridgehead atoms. The maximum Gasteiger partial charge on any atom is 0.0743 e. The van der Waals surface area contributed by atoms with Crippen molar-refractivity contribution in [3.63, 3.8) is 0 Å². The van der Waals surface area contributed by atoms with E-state index >= 15 is 0 Å². The highest BCUT2D eigenvalue weighted by atomic mass is 16.3. The smallest absolute Gasteiger partial charge is 0.0743 e. The van der Waals surface area contributed by atoms with E-state index in [9.17, 15) is 10.2 Å². The van der Waals surface area contributed by atoms with Crippen LogP contribution >= 0.6 is 0 Å². The molecule has 0 aromatic heterocycles. The first-order chi connectivity index (χ1) is 8.53. The average Bonchev–Trinajstić information content (AvgIpc) is 2.77. The molecule has 0 radical (unpaired) electrons. The highest BCUT2D eigenvalue weighted by molar-refractivity contribution is 4.92. The molecule has 1 aliphatic heterocycles. The maximum atomic E-state index is 10.3. The normalized spacial score (nSPS) is 37.7. The van der Waals surface area contributed by atoms with Crippen LogP contribution in [0.2, 0.25) is 0 Å². The van der Waals surface area contributed by atoms with Crippen LogP contribution in [0.3, 0.4) is 0 Å². The number of β-amino-alcohol motifs (C(OH)–C–C–N with tert-alkyl or cyclic N) is 1. The predicted octanol–water partition coefficient (Wildman–Crippen LogP) is 2.16. The van der Waals surface area contributed by atoms with Crippen molar-refractivity contribution in [3.8, 4) is 0 Å². The standard InChI is InChI=1S/C15H29NO2/c1-3-15(2,18)11-16-10-6-8-13(16)12-7-4-5-9-14(12)17/h12-14,17-18H,3-11H2,1-2H3. The summed E-state index contributed by atoms with van der Waals surface area (Å²) in [5.74, 6) is 0.439. The molecule has 2 rings (SSSR count). The SMILES string of the molecule is CCC(C)(O)CN1CCCC1C1CCCCC1O. The summed E-state index contributed by atoms with van der Waals surface area (Å²) < 4.78 is 0. The van der Waals surface area contributed by atoms with Gasteiger partial charge in [0.05, 0.1) is 11.7 Å². The molecule has 0 aromatic carbocycles. The van der Waals surface area contributed by atoms with Gasteiger partial charge in [-0.25, -0.2) is 0 Å². The van der Waals surface area contributed by atoms with Crippen molar-refractivity contribution in [2.24, 2.45) is 5.92 Å². The number of nitrogens with zero attached hydrogens (tertiary/aromatic N) is 1. The Bertz CT molecular complexity index is 267. The highest BCUT2D eigenvalue weighted by Gasteiger charge is 2.38. The van der Waals surface area contributed by atoms with E-state index in [-0.39, 0.29) is 6.10 Å². The van der Waals surface area contributed by atoms with Crippen LogP contribution in [0.15, 0.2) is 0 Å². The number of aliphatic hydroxyl groups excluding tert-OH is 1. The molecule has 1 aliphatic carbocycles. The Morgan fingerprint density at radius 3 is 2.56 bits per heavy atom. The summed E-state index contributed by atoms with van der Waals surface area (Å²) >= 11 is 0. The van der Waals surface area contributed by atoms with Crippen LogP contribution < -0.4 is 0 Å². The van der Waals surface area contributed by atoms with Crippen LogP contribution in [0.1, 0.15) is 58.8 Å². The minimum Gasteiger partial charge on any atom is -0.393 e. The third kappa shape index (κ3) is 3.25. The summed E-state index contributed by atoms with van der Waals surface area (Å²) in [7, 11) is 0. The molecule has 18 heavy (non-hydrogen) atoms. The number of hydrogen-bond acceptors (Lipinski definition) is 3. The van der Waals surface area contributed by atoms with Gasteiger partial charge < -0.3 is 10.2 Å². The average molecular weight is 255 g/mol. The molecule has 2 fully saturated rings. The molecule has 2 aliphatic rings. The quantitative estimate of drug-likeness (QED) is 0.809. The summed E-state index contributed by atoms with van der Waals surface area (Å²) in [5.41, 5.74) is -0.581. The fraction of sp³-hybridized carbons (Fsp3) is 1.00. The number of aliphatic hydroxyl groups is 2. The lowest BCUT2D eigenvalue weighted by Crippen LogP contribution is -2.48. The van der Waals surface area contributed by atoms with Gasteiger partial charge in [-0.05, 0) is 45.6 Å². The number of rotatable bonds is 4. The van der Waals surface area contributed by atoms with E-state index in [1.165, 1.54) is 25.7 Å². The Balaban J connectivity index is 1.98. The lowest BCUT2D eigenvalue weighted by molar-refractivity contribution is -0.0212. The van der Waals surface area contributed by atoms with Gasteiger partial charge in [0.1, 0.15) is 0 Å². The van der Waals surface area contributed by atoms with Crippen LogP contribution in [0.5, 0.6) is 0 Å². The summed E-state index contributed by atoms with van der Waals surface area (Å²) in [5, 5.41) is 20.5. The molecule has 3 nitrogen and oxygen atoms in total. The van der Waals surface area contributed by atoms with E-state index in [2.05, 4.69) is 4.90 Å². The largest absolute Gasteiger partial charge is 0.393 e. The van der Waals surface area contributed by atoms with Crippen molar-refractivity contribution in [3.05, 3.63) is 0 Å². The van der Waals surface area contributed by atoms with Crippen LogP contribution in [-0.2, 0) is 0 Å². The Labute approximate surface area is 111 Å². The predicted molar refractivity (Wildman–Crippen MR) is 73.5 cm³/mol. The molecule has 4 unspecified atom stereocenters. The third-order valence-electron chi connectivity index (χ3n) is 5.00. The first kappa shape index (κ1) is 14.3. The second kappa shape index (κ2) is 5.89. The molecule has 0 aromatic rings. The van der Waals surface area contributed by atoms with Crippen molar-refractivity contribution in [1.82, 2.24) is 4.90 Å². The van der Waals surface area contributed by atoms with Gasteiger partial charge in [0.25, 0.3) is 0 Å². The van der Waals surface area contributed by atoms with E-state index in [0.29, 0.717) is 12.0 Å². The molecule has 1 saturated carbocycles. The van der Waals surface area contributed by atoms with Crippen LogP contribution in [0.25, 0.3) is 0 Å². The van der Waals surface area contributed by atoms with Gasteiger partial charge in [0.2, 0.25) is 0 Å². The molecule has 1 heterocycles. The summed E-state index contributed by atoms with van der Waals surface area (Å²) in [4.78, 5) is 2.43. The zero-order valence-corrected chi connectivity index (χ0v) is 11.9. The summed E-state index contributed by atoms with van der Waals surface area (Å²) in [6.45, 7) is 5.82. The second-order valence-electron chi connectivity index (χ2n) is 6.55. The van der Waals surface area contributed by atoms with Crippen molar-refractivity contribution in [2.75, 3.05) is 13.1 Å². The Hall–Kier alpha value is -0.120. The monoisotopic (exact) mass is 255 g/mol. The lowest BCUT2D eigenvalue weighted by Gasteiger charge is -2.39. The molecular formula is C15H29NO2. The van der Waals surface area contributed by atoms with E-state index in [1.54, 1.807) is 0 Å². The molecule has 4 atom stereocenters. The molecule has 106 valence electrons. The summed E-state index contributed by atoms with van der Waals surface area (Å²) in [6, 6.07) is 0.498. The fourth-order valence-corrected chi connectivity index (χ4v) is 3.67. The van der Waals surface area contributed by atoms with Crippen LogP contribution in [0, 0.1) is 5.92 Å². The van der Waals surface area contributed by atoms with Crippen molar-refractivity contribution < 1.29 is 10.2 Å². The van der Waals surface area contributed by atoms with Gasteiger partial charge in [0.15, 0.2) is 0 Å². The number of likely N-dealkylation sites (tertiary alicyclic amines) is 1. The first-order valence-electron chi connectivity index (χ1n) is 7.68. The van der Waals surface area contributed by atoms with Gasteiger partial charge in [-0.3, -0.25) is 4.90 Å². The van der Waals surface area contributed by atoms with Gasteiger partial charge >= 0.3 is 0 Å². The summed E-state index contributed by atoms with van der Waals surface area (Å²) in [6.07, 6.45) is 7.66.